The fourth-order valence-electron chi connectivity index (χ4n) is 2.65. The zero-order valence-corrected chi connectivity index (χ0v) is 11.6. The Morgan fingerprint density at radius 1 is 1.30 bits per heavy atom. The number of anilines is 2. The molecule has 106 valence electrons. The molecule has 3 rings (SSSR count). The van der Waals surface area contributed by atoms with Gasteiger partial charge in [-0.3, -0.25) is 0 Å². The predicted molar refractivity (Wildman–Crippen MR) is 76.4 cm³/mol. The van der Waals surface area contributed by atoms with Crippen LogP contribution in [0.2, 0.25) is 0 Å². The molecule has 1 aliphatic carbocycles. The predicted octanol–water partition coefficient (Wildman–Crippen LogP) is 1.63. The summed E-state index contributed by atoms with van der Waals surface area (Å²) in [4.78, 5) is 12.6. The summed E-state index contributed by atoms with van der Waals surface area (Å²) in [6, 6.07) is 1.81. The van der Waals surface area contributed by atoms with Crippen LogP contribution in [0.25, 0.3) is 5.95 Å². The monoisotopic (exact) mass is 273 g/mol. The van der Waals surface area contributed by atoms with Crippen molar-refractivity contribution in [2.45, 2.75) is 32.6 Å². The van der Waals surface area contributed by atoms with Gasteiger partial charge in [0.2, 0.25) is 11.9 Å². The lowest BCUT2D eigenvalue weighted by molar-refractivity contribution is 0.361. The molecule has 0 bridgehead atoms. The maximum absolute atomic E-state index is 5.74. The van der Waals surface area contributed by atoms with Crippen LogP contribution in [0, 0.1) is 5.41 Å². The zero-order chi connectivity index (χ0) is 14.0. The summed E-state index contributed by atoms with van der Waals surface area (Å²) in [6.07, 6.45) is 8.54. The van der Waals surface area contributed by atoms with E-state index in [-0.39, 0.29) is 5.95 Å². The minimum Gasteiger partial charge on any atom is -0.368 e. The van der Waals surface area contributed by atoms with E-state index in [0.717, 1.165) is 6.54 Å². The molecule has 0 amide bonds. The third-order valence-electron chi connectivity index (χ3n) is 3.83. The van der Waals surface area contributed by atoms with Crippen LogP contribution in [-0.4, -0.2) is 31.3 Å². The molecule has 7 heteroatoms. The average molecular weight is 273 g/mol. The molecule has 0 spiro atoms. The molecule has 7 nitrogen and oxygen atoms in total. The Labute approximate surface area is 117 Å². The Hall–Kier alpha value is -2.18. The minimum absolute atomic E-state index is 0.199. The van der Waals surface area contributed by atoms with Crippen LogP contribution in [0.15, 0.2) is 18.5 Å². The lowest BCUT2D eigenvalue weighted by Gasteiger charge is -2.23. The second-order valence-corrected chi connectivity index (χ2v) is 5.64. The number of rotatable bonds is 4. The molecule has 1 saturated carbocycles. The molecule has 1 aliphatic rings. The standard InChI is InChI=1S/C13H19N7/c1-13(5-2-3-6-13)9-15-11-17-10(14)18-12(19-11)20-8-4-7-16-20/h4,7-8H,2-3,5-6,9H2,1H3,(H3,14,15,17,18,19). The van der Waals surface area contributed by atoms with E-state index in [1.54, 1.807) is 17.1 Å². The van der Waals surface area contributed by atoms with Gasteiger partial charge in [0.1, 0.15) is 0 Å². The lowest BCUT2D eigenvalue weighted by Crippen LogP contribution is -2.24. The molecule has 0 radical (unpaired) electrons. The van der Waals surface area contributed by atoms with Gasteiger partial charge in [0.25, 0.3) is 5.95 Å². The van der Waals surface area contributed by atoms with E-state index in [9.17, 15) is 0 Å². The van der Waals surface area contributed by atoms with Gasteiger partial charge in [-0.05, 0) is 24.3 Å². The summed E-state index contributed by atoms with van der Waals surface area (Å²) in [6.45, 7) is 3.15. The fourth-order valence-corrected chi connectivity index (χ4v) is 2.65. The Morgan fingerprint density at radius 3 is 2.80 bits per heavy atom. The van der Waals surface area contributed by atoms with Crippen molar-refractivity contribution in [1.82, 2.24) is 24.7 Å². The highest BCUT2D eigenvalue weighted by molar-refractivity contribution is 5.35. The van der Waals surface area contributed by atoms with Crippen LogP contribution in [0.3, 0.4) is 0 Å². The molecule has 0 aliphatic heterocycles. The van der Waals surface area contributed by atoms with Crippen molar-refractivity contribution in [3.8, 4) is 5.95 Å². The van der Waals surface area contributed by atoms with E-state index in [2.05, 4.69) is 32.3 Å². The minimum atomic E-state index is 0.199. The summed E-state index contributed by atoms with van der Waals surface area (Å²) in [5, 5.41) is 7.39. The molecule has 0 unspecified atom stereocenters. The van der Waals surface area contributed by atoms with Gasteiger partial charge < -0.3 is 11.1 Å². The number of nitrogens with one attached hydrogen (secondary N) is 1. The van der Waals surface area contributed by atoms with E-state index in [1.807, 2.05) is 6.07 Å². The van der Waals surface area contributed by atoms with E-state index in [4.69, 9.17) is 5.73 Å². The third kappa shape index (κ3) is 2.71. The first kappa shape index (κ1) is 12.8. The van der Waals surface area contributed by atoms with Gasteiger partial charge in [-0.25, -0.2) is 4.68 Å². The summed E-state index contributed by atoms with van der Waals surface area (Å²) in [5.41, 5.74) is 6.07. The molecule has 3 N–H and O–H groups in total. The van der Waals surface area contributed by atoms with E-state index >= 15 is 0 Å². The van der Waals surface area contributed by atoms with Crippen molar-refractivity contribution in [1.29, 1.82) is 0 Å². The van der Waals surface area contributed by atoms with Gasteiger partial charge in [-0.15, -0.1) is 0 Å². The molecule has 0 aromatic carbocycles. The van der Waals surface area contributed by atoms with Crippen molar-refractivity contribution in [2.24, 2.45) is 5.41 Å². The average Bonchev–Trinajstić information content (AvgIpc) is 3.08. The normalized spacial score (nSPS) is 17.2. The maximum Gasteiger partial charge on any atom is 0.257 e. The molecular formula is C13H19N7. The second kappa shape index (κ2) is 5.07. The third-order valence-corrected chi connectivity index (χ3v) is 3.83. The van der Waals surface area contributed by atoms with Gasteiger partial charge >= 0.3 is 0 Å². The van der Waals surface area contributed by atoms with Gasteiger partial charge in [-0.1, -0.05) is 19.8 Å². The smallest absolute Gasteiger partial charge is 0.257 e. The highest BCUT2D eigenvalue weighted by atomic mass is 15.4. The highest BCUT2D eigenvalue weighted by Gasteiger charge is 2.28. The Bertz CT molecular complexity index is 572. The second-order valence-electron chi connectivity index (χ2n) is 5.64. The molecule has 20 heavy (non-hydrogen) atoms. The van der Waals surface area contributed by atoms with Crippen LogP contribution in [0.5, 0.6) is 0 Å². The summed E-state index contributed by atoms with van der Waals surface area (Å²) >= 11 is 0. The van der Waals surface area contributed by atoms with Crippen molar-refractivity contribution in [3.05, 3.63) is 18.5 Å². The summed E-state index contributed by atoms with van der Waals surface area (Å²) in [5.74, 6) is 1.14. The number of aromatic nitrogens is 5. The Morgan fingerprint density at radius 2 is 2.10 bits per heavy atom. The fraction of sp³-hybridized carbons (Fsp3) is 0.538. The molecule has 2 aromatic heterocycles. The molecule has 0 saturated heterocycles. The van der Waals surface area contributed by atoms with Gasteiger partial charge in [0, 0.05) is 18.9 Å². The van der Waals surface area contributed by atoms with Crippen LogP contribution in [0.1, 0.15) is 32.6 Å². The van der Waals surface area contributed by atoms with Crippen molar-refractivity contribution < 1.29 is 0 Å². The topological polar surface area (TPSA) is 94.5 Å². The van der Waals surface area contributed by atoms with Gasteiger partial charge in [0.05, 0.1) is 0 Å². The van der Waals surface area contributed by atoms with E-state index in [0.29, 0.717) is 17.3 Å². The SMILES string of the molecule is CC1(CNc2nc(N)nc(-n3cccn3)n2)CCCC1. The highest BCUT2D eigenvalue weighted by Crippen LogP contribution is 2.37. The molecule has 0 atom stereocenters. The number of hydrogen-bond acceptors (Lipinski definition) is 6. The van der Waals surface area contributed by atoms with Crippen molar-refractivity contribution in [2.75, 3.05) is 17.6 Å². The van der Waals surface area contributed by atoms with Crippen LogP contribution in [-0.2, 0) is 0 Å². The number of nitrogens with two attached hydrogens (primary N) is 1. The molecule has 2 aromatic rings. The largest absolute Gasteiger partial charge is 0.368 e. The lowest BCUT2D eigenvalue weighted by atomic mass is 9.89. The van der Waals surface area contributed by atoms with E-state index in [1.165, 1.54) is 25.7 Å². The number of hydrogen-bond donors (Lipinski definition) is 2. The van der Waals surface area contributed by atoms with Crippen LogP contribution >= 0.6 is 0 Å². The maximum atomic E-state index is 5.74. The zero-order valence-electron chi connectivity index (χ0n) is 11.6. The Balaban J connectivity index is 1.76. The first-order valence-electron chi connectivity index (χ1n) is 6.90. The number of nitrogen functional groups attached to an aromatic ring is 1. The first-order chi connectivity index (χ1) is 9.65. The van der Waals surface area contributed by atoms with Crippen molar-refractivity contribution in [3.63, 3.8) is 0 Å². The summed E-state index contributed by atoms with van der Waals surface area (Å²) < 4.78 is 1.57. The first-order valence-corrected chi connectivity index (χ1v) is 6.90. The molecule has 2 heterocycles. The van der Waals surface area contributed by atoms with Crippen LogP contribution in [0.4, 0.5) is 11.9 Å². The summed E-state index contributed by atoms with van der Waals surface area (Å²) in [7, 11) is 0. The molecule has 1 fully saturated rings. The van der Waals surface area contributed by atoms with Crippen LogP contribution < -0.4 is 11.1 Å². The molecular weight excluding hydrogens is 254 g/mol. The quantitative estimate of drug-likeness (QED) is 0.879. The van der Waals surface area contributed by atoms with E-state index < -0.39 is 0 Å². The number of nitrogens with zero attached hydrogens (tertiary/aromatic N) is 5. The van der Waals surface area contributed by atoms with Crippen molar-refractivity contribution >= 4 is 11.9 Å². The van der Waals surface area contributed by atoms with Gasteiger partial charge in [-0.2, -0.15) is 20.1 Å². The Kier molecular flexibility index (Phi) is 3.25. The van der Waals surface area contributed by atoms with Gasteiger partial charge in [0.15, 0.2) is 0 Å².